The second kappa shape index (κ2) is 3.38. The van der Waals surface area contributed by atoms with Gasteiger partial charge in [0.15, 0.2) is 0 Å². The molecule has 1 unspecified atom stereocenters. The molecule has 0 radical (unpaired) electrons. The van der Waals surface area contributed by atoms with Crippen molar-refractivity contribution in [2.24, 2.45) is 0 Å². The lowest BCUT2D eigenvalue weighted by molar-refractivity contribution is -0.257. The summed E-state index contributed by atoms with van der Waals surface area (Å²) in [7, 11) is 0. The third-order valence-electron chi connectivity index (χ3n) is 2.76. The Morgan fingerprint density at radius 1 is 1.35 bits per heavy atom. The van der Waals surface area contributed by atoms with E-state index < -0.39 is 17.9 Å². The molecule has 17 heavy (non-hydrogen) atoms. The van der Waals surface area contributed by atoms with Gasteiger partial charge in [-0.3, -0.25) is 5.32 Å². The zero-order valence-corrected chi connectivity index (χ0v) is 9.18. The monoisotopic (exact) mass is 245 g/mol. The highest BCUT2D eigenvalue weighted by Gasteiger charge is 2.58. The van der Waals surface area contributed by atoms with Crippen molar-refractivity contribution in [3.8, 4) is 0 Å². The van der Waals surface area contributed by atoms with Gasteiger partial charge in [0.25, 0.3) is 0 Å². The highest BCUT2D eigenvalue weighted by Crippen LogP contribution is 2.47. The van der Waals surface area contributed by atoms with E-state index in [2.05, 4.69) is 10.1 Å². The van der Waals surface area contributed by atoms with E-state index in [0.717, 1.165) is 6.92 Å². The van der Waals surface area contributed by atoms with Gasteiger partial charge in [0, 0.05) is 5.56 Å². The molecular weight excluding hydrogens is 235 g/mol. The van der Waals surface area contributed by atoms with Gasteiger partial charge in [0.2, 0.25) is 5.60 Å². The normalized spacial score (nSPS) is 23.7. The molecule has 1 atom stereocenters. The molecule has 0 saturated heterocycles. The van der Waals surface area contributed by atoms with Crippen LogP contribution < -0.4 is 5.32 Å². The number of rotatable bonds is 0. The SMILES string of the molecule is Cc1ccc2c(c1)C(C)(C(F)(F)F)OC(=O)N2. The Morgan fingerprint density at radius 3 is 2.59 bits per heavy atom. The number of amides is 1. The first kappa shape index (κ1) is 11.8. The van der Waals surface area contributed by atoms with Crippen LogP contribution in [0.5, 0.6) is 0 Å². The van der Waals surface area contributed by atoms with Gasteiger partial charge in [0.05, 0.1) is 5.69 Å². The molecule has 1 heterocycles. The second-order valence-electron chi connectivity index (χ2n) is 4.09. The van der Waals surface area contributed by atoms with Crippen LogP contribution in [0.2, 0.25) is 0 Å². The number of aryl methyl sites for hydroxylation is 1. The summed E-state index contributed by atoms with van der Waals surface area (Å²) in [6, 6.07) is 4.43. The molecule has 0 spiro atoms. The number of fused-ring (bicyclic) bond motifs is 1. The summed E-state index contributed by atoms with van der Waals surface area (Å²) < 4.78 is 43.5. The maximum absolute atomic E-state index is 13.0. The summed E-state index contributed by atoms with van der Waals surface area (Å²) >= 11 is 0. The molecule has 1 aromatic rings. The fourth-order valence-electron chi connectivity index (χ4n) is 1.75. The Labute approximate surface area is 95.6 Å². The second-order valence-corrected chi connectivity index (χ2v) is 4.09. The van der Waals surface area contributed by atoms with Gasteiger partial charge in [-0.2, -0.15) is 13.2 Å². The molecule has 2 rings (SSSR count). The molecule has 0 aromatic heterocycles. The van der Waals surface area contributed by atoms with Gasteiger partial charge in [-0.1, -0.05) is 11.6 Å². The van der Waals surface area contributed by atoms with Gasteiger partial charge < -0.3 is 4.74 Å². The van der Waals surface area contributed by atoms with Gasteiger partial charge in [-0.05, 0) is 26.0 Å². The summed E-state index contributed by atoms with van der Waals surface area (Å²) in [6.45, 7) is 2.53. The van der Waals surface area contributed by atoms with Crippen molar-refractivity contribution in [1.29, 1.82) is 0 Å². The number of benzene rings is 1. The molecular formula is C11H10F3NO2. The molecule has 0 aliphatic carbocycles. The van der Waals surface area contributed by atoms with E-state index in [-0.39, 0.29) is 11.3 Å². The van der Waals surface area contributed by atoms with E-state index in [1.165, 1.54) is 12.1 Å². The fraction of sp³-hybridized carbons (Fsp3) is 0.364. The summed E-state index contributed by atoms with van der Waals surface area (Å²) in [5, 5.41) is 2.25. The van der Waals surface area contributed by atoms with Crippen LogP contribution in [0.1, 0.15) is 18.1 Å². The summed E-state index contributed by atoms with van der Waals surface area (Å²) in [5.74, 6) is 0. The highest BCUT2D eigenvalue weighted by molar-refractivity contribution is 5.89. The predicted octanol–water partition coefficient (Wildman–Crippen LogP) is 3.33. The smallest absolute Gasteiger partial charge is 0.428 e. The molecule has 1 aromatic carbocycles. The lowest BCUT2D eigenvalue weighted by Crippen LogP contribution is -2.48. The van der Waals surface area contributed by atoms with Crippen LogP contribution in [0.3, 0.4) is 0 Å². The largest absolute Gasteiger partial charge is 0.432 e. The van der Waals surface area contributed by atoms with Crippen LogP contribution >= 0.6 is 0 Å². The first-order valence-corrected chi connectivity index (χ1v) is 4.92. The number of alkyl halides is 3. The number of carbonyl (C=O) groups is 1. The maximum atomic E-state index is 13.0. The molecule has 6 heteroatoms. The quantitative estimate of drug-likeness (QED) is 0.761. The molecule has 0 saturated carbocycles. The van der Waals surface area contributed by atoms with Crippen molar-refractivity contribution >= 4 is 11.8 Å². The standard InChI is InChI=1S/C11H10F3NO2/c1-6-3-4-8-7(5-6)10(2,11(12,13)14)17-9(16)15-8/h3-5H,1-2H3,(H,15,16). The van der Waals surface area contributed by atoms with Crippen LogP contribution in [0.15, 0.2) is 18.2 Å². The lowest BCUT2D eigenvalue weighted by Gasteiger charge is -2.36. The number of cyclic esters (lactones) is 1. The first-order valence-electron chi connectivity index (χ1n) is 4.92. The molecule has 1 N–H and O–H groups in total. The van der Waals surface area contributed by atoms with Crippen LogP contribution in [-0.4, -0.2) is 12.3 Å². The van der Waals surface area contributed by atoms with E-state index >= 15 is 0 Å². The number of anilines is 1. The van der Waals surface area contributed by atoms with Crippen molar-refractivity contribution in [2.45, 2.75) is 25.6 Å². The van der Waals surface area contributed by atoms with Crippen molar-refractivity contribution in [2.75, 3.05) is 5.32 Å². The number of halogens is 3. The Hall–Kier alpha value is -1.72. The minimum atomic E-state index is -4.66. The Bertz CT molecular complexity index is 484. The van der Waals surface area contributed by atoms with Crippen LogP contribution in [-0.2, 0) is 10.3 Å². The van der Waals surface area contributed by atoms with Gasteiger partial charge in [-0.15, -0.1) is 0 Å². The summed E-state index contributed by atoms with van der Waals surface area (Å²) in [6.07, 6.45) is -5.76. The number of hydrogen-bond acceptors (Lipinski definition) is 2. The summed E-state index contributed by atoms with van der Waals surface area (Å²) in [5.41, 5.74) is -1.88. The number of hydrogen-bond donors (Lipinski definition) is 1. The average molecular weight is 245 g/mol. The first-order chi connectivity index (χ1) is 7.74. The van der Waals surface area contributed by atoms with Crippen LogP contribution in [0.25, 0.3) is 0 Å². The highest BCUT2D eigenvalue weighted by atomic mass is 19.4. The topological polar surface area (TPSA) is 38.3 Å². The number of carbonyl (C=O) groups excluding carboxylic acids is 1. The zero-order valence-electron chi connectivity index (χ0n) is 9.18. The lowest BCUT2D eigenvalue weighted by atomic mass is 9.91. The molecule has 1 aliphatic heterocycles. The average Bonchev–Trinajstić information content (AvgIpc) is 2.17. The molecule has 3 nitrogen and oxygen atoms in total. The molecule has 92 valence electrons. The number of nitrogens with one attached hydrogen (secondary N) is 1. The minimum Gasteiger partial charge on any atom is -0.428 e. The molecule has 0 bridgehead atoms. The van der Waals surface area contributed by atoms with Crippen LogP contribution in [0, 0.1) is 6.92 Å². The maximum Gasteiger partial charge on any atom is 0.432 e. The van der Waals surface area contributed by atoms with E-state index in [9.17, 15) is 18.0 Å². The van der Waals surface area contributed by atoms with Gasteiger partial charge in [-0.25, -0.2) is 4.79 Å². The van der Waals surface area contributed by atoms with Crippen molar-refractivity contribution < 1.29 is 22.7 Å². The minimum absolute atomic E-state index is 0.0791. The third-order valence-corrected chi connectivity index (χ3v) is 2.76. The summed E-state index contributed by atoms with van der Waals surface area (Å²) in [4.78, 5) is 11.1. The van der Waals surface area contributed by atoms with Crippen molar-refractivity contribution in [3.05, 3.63) is 29.3 Å². The Balaban J connectivity index is 2.65. The Kier molecular flexibility index (Phi) is 2.34. The van der Waals surface area contributed by atoms with E-state index in [1.807, 2.05) is 0 Å². The predicted molar refractivity (Wildman–Crippen MR) is 54.7 cm³/mol. The molecule has 1 aliphatic rings. The third kappa shape index (κ3) is 1.73. The number of ether oxygens (including phenoxy) is 1. The van der Waals surface area contributed by atoms with Gasteiger partial charge in [0.1, 0.15) is 0 Å². The van der Waals surface area contributed by atoms with Crippen LogP contribution in [0.4, 0.5) is 23.7 Å². The Morgan fingerprint density at radius 2 is 2.00 bits per heavy atom. The molecule has 1 amide bonds. The van der Waals surface area contributed by atoms with E-state index in [0.29, 0.717) is 5.56 Å². The molecule has 0 fully saturated rings. The van der Waals surface area contributed by atoms with E-state index in [4.69, 9.17) is 0 Å². The fourth-order valence-corrected chi connectivity index (χ4v) is 1.75. The zero-order chi connectivity index (χ0) is 12.8. The van der Waals surface area contributed by atoms with Gasteiger partial charge >= 0.3 is 12.3 Å². The van der Waals surface area contributed by atoms with Crippen molar-refractivity contribution in [3.63, 3.8) is 0 Å². The van der Waals surface area contributed by atoms with E-state index in [1.54, 1.807) is 13.0 Å². The van der Waals surface area contributed by atoms with Crippen molar-refractivity contribution in [1.82, 2.24) is 0 Å².